The van der Waals surface area contributed by atoms with Crippen molar-refractivity contribution in [3.63, 3.8) is 0 Å². The predicted molar refractivity (Wildman–Crippen MR) is 117 cm³/mol. The summed E-state index contributed by atoms with van der Waals surface area (Å²) in [7, 11) is -3.28. The second kappa shape index (κ2) is 11.7. The van der Waals surface area contributed by atoms with Gasteiger partial charge in [-0.05, 0) is 39.5 Å². The van der Waals surface area contributed by atoms with Crippen molar-refractivity contribution in [3.8, 4) is 0 Å². The lowest BCUT2D eigenvalue weighted by atomic mass is 10.1. The lowest BCUT2D eigenvalue weighted by molar-refractivity contribution is -0.167. The van der Waals surface area contributed by atoms with Gasteiger partial charge in [0.05, 0.1) is 26.1 Å². The summed E-state index contributed by atoms with van der Waals surface area (Å²) in [6, 6.07) is 0. The van der Waals surface area contributed by atoms with E-state index in [1.165, 1.54) is 6.33 Å². The van der Waals surface area contributed by atoms with E-state index in [0.29, 0.717) is 49.8 Å². The zero-order chi connectivity index (χ0) is 22.1. The Morgan fingerprint density at radius 2 is 2.10 bits per heavy atom. The first-order valence-corrected chi connectivity index (χ1v) is 12.4. The van der Waals surface area contributed by atoms with Crippen molar-refractivity contribution < 1.29 is 23.1 Å². The first-order valence-electron chi connectivity index (χ1n) is 10.8. The van der Waals surface area contributed by atoms with Crippen LogP contribution in [0.1, 0.15) is 39.5 Å². The molecule has 0 spiro atoms. The molecule has 3 rings (SSSR count). The Morgan fingerprint density at radius 3 is 2.81 bits per heavy atom. The number of hydrogen-bond acceptors (Lipinski definition) is 9. The minimum absolute atomic E-state index is 0.0311. The SMILES string of the molecule is CCOP(=O)(C=C[C@@H](CCn1cnc2c(N)ncnc21)CO[C@H]1CCCCO1)OCC. The first-order chi connectivity index (χ1) is 15.0. The number of rotatable bonds is 12. The van der Waals surface area contributed by atoms with Crippen LogP contribution in [0, 0.1) is 5.92 Å². The Morgan fingerprint density at radius 1 is 1.29 bits per heavy atom. The number of hydrogen-bond donors (Lipinski definition) is 1. The van der Waals surface area contributed by atoms with E-state index in [9.17, 15) is 4.57 Å². The summed E-state index contributed by atoms with van der Waals surface area (Å²) >= 11 is 0. The molecular formula is C20H32N5O5P. The Hall–Kier alpha value is -1.84. The lowest BCUT2D eigenvalue weighted by Crippen LogP contribution is -2.25. The summed E-state index contributed by atoms with van der Waals surface area (Å²) in [5.41, 5.74) is 7.14. The molecular weight excluding hydrogens is 421 g/mol. The topological polar surface area (TPSA) is 124 Å². The van der Waals surface area contributed by atoms with Crippen LogP contribution in [-0.2, 0) is 29.6 Å². The number of aryl methyl sites for hydroxylation is 1. The van der Waals surface area contributed by atoms with Crippen molar-refractivity contribution in [3.05, 3.63) is 24.5 Å². The van der Waals surface area contributed by atoms with Gasteiger partial charge >= 0.3 is 7.60 Å². The molecule has 0 radical (unpaired) electrons. The number of aromatic nitrogens is 4. The predicted octanol–water partition coefficient (Wildman–Crippen LogP) is 3.74. The Labute approximate surface area is 182 Å². The van der Waals surface area contributed by atoms with Crippen LogP contribution < -0.4 is 5.73 Å². The van der Waals surface area contributed by atoms with E-state index < -0.39 is 7.60 Å². The number of ether oxygens (including phenoxy) is 2. The third-order valence-electron chi connectivity index (χ3n) is 4.96. The molecule has 2 N–H and O–H groups in total. The molecule has 0 unspecified atom stereocenters. The van der Waals surface area contributed by atoms with Crippen LogP contribution in [0.5, 0.6) is 0 Å². The molecule has 2 aromatic rings. The third-order valence-corrected chi connectivity index (χ3v) is 6.74. The zero-order valence-electron chi connectivity index (χ0n) is 18.2. The maximum atomic E-state index is 12.8. The van der Waals surface area contributed by atoms with Crippen molar-refractivity contribution in [1.82, 2.24) is 19.5 Å². The van der Waals surface area contributed by atoms with Gasteiger partial charge in [-0.15, -0.1) is 0 Å². The molecule has 172 valence electrons. The minimum atomic E-state index is -3.28. The molecule has 0 aromatic carbocycles. The average Bonchev–Trinajstić information content (AvgIpc) is 3.19. The number of fused-ring (bicyclic) bond motifs is 1. The van der Waals surface area contributed by atoms with Crippen molar-refractivity contribution in [1.29, 1.82) is 0 Å². The third kappa shape index (κ3) is 6.82. The molecule has 2 atom stereocenters. The van der Waals surface area contributed by atoms with Crippen LogP contribution >= 0.6 is 7.60 Å². The number of imidazole rings is 1. The van der Waals surface area contributed by atoms with Gasteiger partial charge in [0, 0.05) is 24.9 Å². The fraction of sp³-hybridized carbons (Fsp3) is 0.650. The molecule has 3 heterocycles. The van der Waals surface area contributed by atoms with Crippen LogP contribution in [0.25, 0.3) is 11.2 Å². The summed E-state index contributed by atoms with van der Waals surface area (Å²) in [5.74, 6) is 1.87. The molecule has 0 amide bonds. The highest BCUT2D eigenvalue weighted by atomic mass is 31.2. The smallest absolute Gasteiger partial charge is 0.353 e. The summed E-state index contributed by atoms with van der Waals surface area (Å²) in [4.78, 5) is 12.6. The number of nitrogen functional groups attached to an aromatic ring is 1. The summed E-state index contributed by atoms with van der Waals surface area (Å²) in [5, 5.41) is 0. The molecule has 0 saturated carbocycles. The number of nitrogens with zero attached hydrogens (tertiary/aromatic N) is 4. The fourth-order valence-corrected chi connectivity index (χ4v) is 4.81. The number of nitrogens with two attached hydrogens (primary N) is 1. The normalized spacial score (nSPS) is 18.7. The number of anilines is 1. The van der Waals surface area contributed by atoms with E-state index >= 15 is 0 Å². The van der Waals surface area contributed by atoms with Gasteiger partial charge in [0.15, 0.2) is 17.8 Å². The van der Waals surface area contributed by atoms with Crippen LogP contribution in [0.2, 0.25) is 0 Å². The van der Waals surface area contributed by atoms with Crippen LogP contribution in [0.15, 0.2) is 24.5 Å². The molecule has 1 aliphatic rings. The van der Waals surface area contributed by atoms with E-state index in [2.05, 4.69) is 15.0 Å². The summed E-state index contributed by atoms with van der Waals surface area (Å²) in [6.07, 6.45) is 8.54. The van der Waals surface area contributed by atoms with Gasteiger partial charge in [-0.25, -0.2) is 15.0 Å². The van der Waals surface area contributed by atoms with Gasteiger partial charge in [0.1, 0.15) is 11.8 Å². The standard InChI is InChI=1S/C20H32N5O5P/c1-3-29-31(26,30-4-2)12-9-16(13-28-17-7-5-6-11-27-17)8-10-25-15-24-18-19(21)22-14-23-20(18)25/h9,12,14-17H,3-8,10-11,13H2,1-2H3,(H2,21,22,23)/t16-,17+/m1/s1. The van der Waals surface area contributed by atoms with Gasteiger partial charge in [-0.3, -0.25) is 4.57 Å². The highest BCUT2D eigenvalue weighted by Gasteiger charge is 2.21. The second-order valence-electron chi connectivity index (χ2n) is 7.26. The molecule has 10 nitrogen and oxygen atoms in total. The second-order valence-corrected chi connectivity index (χ2v) is 9.16. The molecule has 2 aromatic heterocycles. The molecule has 31 heavy (non-hydrogen) atoms. The molecule has 0 bridgehead atoms. The maximum absolute atomic E-state index is 12.8. The molecule has 1 aliphatic heterocycles. The quantitative estimate of drug-likeness (QED) is 0.479. The maximum Gasteiger partial charge on any atom is 0.353 e. The van der Waals surface area contributed by atoms with E-state index in [-0.39, 0.29) is 12.2 Å². The Kier molecular flexibility index (Phi) is 8.98. The first kappa shape index (κ1) is 23.8. The van der Waals surface area contributed by atoms with Gasteiger partial charge in [-0.2, -0.15) is 0 Å². The monoisotopic (exact) mass is 453 g/mol. The van der Waals surface area contributed by atoms with Gasteiger partial charge < -0.3 is 28.8 Å². The van der Waals surface area contributed by atoms with E-state index in [4.69, 9.17) is 24.3 Å². The van der Waals surface area contributed by atoms with Gasteiger partial charge in [0.2, 0.25) is 0 Å². The molecule has 0 aliphatic carbocycles. The van der Waals surface area contributed by atoms with Crippen molar-refractivity contribution in [2.75, 3.05) is 32.2 Å². The summed E-state index contributed by atoms with van der Waals surface area (Å²) < 4.78 is 37.2. The Bertz CT molecular complexity index is 889. The molecule has 11 heteroatoms. The Balaban J connectivity index is 1.69. The fourth-order valence-electron chi connectivity index (χ4n) is 3.39. The van der Waals surface area contributed by atoms with Crippen LogP contribution in [0.3, 0.4) is 0 Å². The van der Waals surface area contributed by atoms with Crippen molar-refractivity contribution >= 4 is 24.6 Å². The van der Waals surface area contributed by atoms with Crippen LogP contribution in [0.4, 0.5) is 5.82 Å². The van der Waals surface area contributed by atoms with Crippen molar-refractivity contribution in [2.24, 2.45) is 5.92 Å². The molecule has 1 saturated heterocycles. The minimum Gasteiger partial charge on any atom is -0.382 e. The highest BCUT2D eigenvalue weighted by Crippen LogP contribution is 2.49. The highest BCUT2D eigenvalue weighted by molar-refractivity contribution is 7.57. The van der Waals surface area contributed by atoms with Crippen molar-refractivity contribution in [2.45, 2.75) is 52.4 Å². The van der Waals surface area contributed by atoms with E-state index in [1.807, 2.05) is 10.6 Å². The average molecular weight is 453 g/mol. The van der Waals surface area contributed by atoms with Crippen LogP contribution in [-0.4, -0.2) is 52.2 Å². The molecule has 1 fully saturated rings. The van der Waals surface area contributed by atoms with E-state index in [0.717, 1.165) is 25.9 Å². The summed E-state index contributed by atoms with van der Waals surface area (Å²) in [6.45, 7) is 5.98. The van der Waals surface area contributed by atoms with Gasteiger partial charge in [0.25, 0.3) is 0 Å². The lowest BCUT2D eigenvalue weighted by Gasteiger charge is -2.24. The van der Waals surface area contributed by atoms with E-state index in [1.54, 1.807) is 26.0 Å². The van der Waals surface area contributed by atoms with Gasteiger partial charge in [-0.1, -0.05) is 6.08 Å². The zero-order valence-corrected chi connectivity index (χ0v) is 19.1. The largest absolute Gasteiger partial charge is 0.382 e.